The summed E-state index contributed by atoms with van der Waals surface area (Å²) in [5.74, 6) is 0.894. The van der Waals surface area contributed by atoms with Crippen LogP contribution in [0.2, 0.25) is 0 Å². The van der Waals surface area contributed by atoms with E-state index in [2.05, 4.69) is 24.3 Å². The topological polar surface area (TPSA) is 34.0 Å². The summed E-state index contributed by atoms with van der Waals surface area (Å²) in [6.45, 7) is 4.65. The quantitative estimate of drug-likeness (QED) is 0.922. The maximum absolute atomic E-state index is 12.5. The number of carbonyl (C=O) groups excluding carboxylic acids is 1. The zero-order valence-electron chi connectivity index (χ0n) is 13.5. The summed E-state index contributed by atoms with van der Waals surface area (Å²) in [5.41, 5.74) is 2.09. The molecule has 0 aromatic heterocycles. The number of hydrogen-bond acceptors (Lipinski definition) is 2. The van der Waals surface area contributed by atoms with Crippen LogP contribution < -0.4 is 9.64 Å². The Labute approximate surface area is 137 Å². The van der Waals surface area contributed by atoms with Gasteiger partial charge >= 0.3 is 0 Å². The summed E-state index contributed by atoms with van der Waals surface area (Å²) in [6, 6.07) is 17.9. The highest BCUT2D eigenvalue weighted by atomic mass is 16.5. The molecule has 0 bridgehead atoms. The van der Waals surface area contributed by atoms with E-state index in [1.165, 1.54) is 10.5 Å². The summed E-state index contributed by atoms with van der Waals surface area (Å²) in [6.07, 6.45) is 0. The first-order chi connectivity index (χ1) is 11.3. The van der Waals surface area contributed by atoms with Crippen molar-refractivity contribution in [3.63, 3.8) is 0 Å². The van der Waals surface area contributed by atoms with Gasteiger partial charge < -0.3 is 14.5 Å². The number of hydrogen-bond donors (Lipinski definition) is 1. The second kappa shape index (κ2) is 7.29. The van der Waals surface area contributed by atoms with E-state index in [0.717, 1.165) is 44.0 Å². The summed E-state index contributed by atoms with van der Waals surface area (Å²) in [7, 11) is 1.63. The van der Waals surface area contributed by atoms with Crippen molar-refractivity contribution in [2.75, 3.05) is 33.3 Å². The molecule has 0 unspecified atom stereocenters. The Bertz CT molecular complexity index is 632. The van der Waals surface area contributed by atoms with Crippen LogP contribution in [0.15, 0.2) is 54.6 Å². The third kappa shape index (κ3) is 3.90. The molecule has 1 heterocycles. The van der Waals surface area contributed by atoms with Gasteiger partial charge in [-0.05, 0) is 24.3 Å². The number of amides is 1. The Morgan fingerprint density at radius 3 is 2.30 bits per heavy atom. The van der Waals surface area contributed by atoms with Gasteiger partial charge in [0, 0.05) is 11.1 Å². The minimum absolute atomic E-state index is 0.117. The van der Waals surface area contributed by atoms with Crippen molar-refractivity contribution in [3.8, 4) is 5.75 Å². The zero-order chi connectivity index (χ0) is 16.1. The fraction of sp³-hybridized carbons (Fsp3) is 0.316. The van der Waals surface area contributed by atoms with Gasteiger partial charge in [-0.1, -0.05) is 30.3 Å². The van der Waals surface area contributed by atoms with Crippen LogP contribution in [-0.4, -0.2) is 44.1 Å². The van der Waals surface area contributed by atoms with Gasteiger partial charge in [-0.25, -0.2) is 0 Å². The van der Waals surface area contributed by atoms with Crippen molar-refractivity contribution < 1.29 is 14.4 Å². The lowest BCUT2D eigenvalue weighted by Gasteiger charge is -2.32. The van der Waals surface area contributed by atoms with Gasteiger partial charge in [0.2, 0.25) is 0 Å². The molecule has 4 heteroatoms. The number of rotatable bonds is 4. The highest BCUT2D eigenvalue weighted by Crippen LogP contribution is 2.13. The monoisotopic (exact) mass is 311 g/mol. The lowest BCUT2D eigenvalue weighted by atomic mass is 10.1. The number of piperazine rings is 1. The second-order valence-corrected chi connectivity index (χ2v) is 5.93. The molecule has 1 amide bonds. The molecule has 0 atom stereocenters. The number of ether oxygens (including phenoxy) is 1. The van der Waals surface area contributed by atoms with Gasteiger partial charge in [-0.3, -0.25) is 4.79 Å². The Balaban J connectivity index is 1.54. The van der Waals surface area contributed by atoms with E-state index < -0.39 is 0 Å². The van der Waals surface area contributed by atoms with E-state index in [1.807, 2.05) is 35.2 Å². The molecule has 120 valence electrons. The smallest absolute Gasteiger partial charge is 0.254 e. The largest absolute Gasteiger partial charge is 0.497 e. The number of methoxy groups -OCH3 is 1. The summed E-state index contributed by atoms with van der Waals surface area (Å²) >= 11 is 0. The molecular weight excluding hydrogens is 288 g/mol. The highest BCUT2D eigenvalue weighted by molar-refractivity contribution is 5.94. The van der Waals surface area contributed by atoms with Crippen molar-refractivity contribution in [2.45, 2.75) is 6.54 Å². The number of benzene rings is 2. The summed E-state index contributed by atoms with van der Waals surface area (Å²) in [5, 5.41) is 0. The van der Waals surface area contributed by atoms with Crippen molar-refractivity contribution in [1.29, 1.82) is 0 Å². The lowest BCUT2D eigenvalue weighted by Crippen LogP contribution is -3.13. The van der Waals surface area contributed by atoms with Crippen LogP contribution in [0.4, 0.5) is 0 Å². The molecule has 1 N–H and O–H groups in total. The normalized spacial score (nSPS) is 15.4. The van der Waals surface area contributed by atoms with E-state index in [1.54, 1.807) is 7.11 Å². The Morgan fingerprint density at radius 1 is 1.04 bits per heavy atom. The lowest BCUT2D eigenvalue weighted by molar-refractivity contribution is -0.917. The summed E-state index contributed by atoms with van der Waals surface area (Å²) in [4.78, 5) is 16.0. The maximum Gasteiger partial charge on any atom is 0.254 e. The molecule has 2 aromatic carbocycles. The molecule has 1 saturated heterocycles. The van der Waals surface area contributed by atoms with E-state index in [-0.39, 0.29) is 5.91 Å². The molecule has 0 aliphatic carbocycles. The maximum atomic E-state index is 12.5. The zero-order valence-corrected chi connectivity index (χ0v) is 13.5. The third-order valence-corrected chi connectivity index (χ3v) is 4.39. The first-order valence-corrected chi connectivity index (χ1v) is 8.07. The van der Waals surface area contributed by atoms with Crippen molar-refractivity contribution in [1.82, 2.24) is 4.90 Å². The fourth-order valence-electron chi connectivity index (χ4n) is 3.00. The Morgan fingerprint density at radius 2 is 1.70 bits per heavy atom. The molecule has 0 spiro atoms. The molecule has 3 rings (SSSR count). The van der Waals surface area contributed by atoms with Gasteiger partial charge in [0.05, 0.1) is 33.3 Å². The minimum Gasteiger partial charge on any atom is -0.497 e. The average molecular weight is 311 g/mol. The Hall–Kier alpha value is -2.33. The first-order valence-electron chi connectivity index (χ1n) is 8.07. The molecule has 2 aromatic rings. The van der Waals surface area contributed by atoms with Gasteiger partial charge in [-0.2, -0.15) is 0 Å². The van der Waals surface area contributed by atoms with Crippen LogP contribution in [0.25, 0.3) is 0 Å². The molecular formula is C19H23N2O2+. The number of carbonyl (C=O) groups is 1. The SMILES string of the molecule is COc1ccc(C(=O)N2CC[NH+](Cc3ccccc3)CC2)cc1. The van der Waals surface area contributed by atoms with Gasteiger partial charge in [0.1, 0.15) is 12.3 Å². The van der Waals surface area contributed by atoms with Crippen molar-refractivity contribution in [3.05, 3.63) is 65.7 Å². The number of nitrogens with one attached hydrogen (secondary N) is 1. The molecule has 0 saturated carbocycles. The molecule has 4 nitrogen and oxygen atoms in total. The van der Waals surface area contributed by atoms with Crippen molar-refractivity contribution in [2.24, 2.45) is 0 Å². The summed E-state index contributed by atoms with van der Waals surface area (Å²) < 4.78 is 5.14. The predicted molar refractivity (Wildman–Crippen MR) is 89.7 cm³/mol. The van der Waals surface area contributed by atoms with Gasteiger partial charge in [-0.15, -0.1) is 0 Å². The number of quaternary nitrogens is 1. The third-order valence-electron chi connectivity index (χ3n) is 4.39. The van der Waals surface area contributed by atoms with E-state index in [0.29, 0.717) is 0 Å². The number of nitrogens with zero attached hydrogens (tertiary/aromatic N) is 1. The van der Waals surface area contributed by atoms with Crippen molar-refractivity contribution >= 4 is 5.91 Å². The molecule has 1 aliphatic rings. The minimum atomic E-state index is 0.117. The fourth-order valence-corrected chi connectivity index (χ4v) is 3.00. The van der Waals surface area contributed by atoms with Gasteiger partial charge in [0.25, 0.3) is 5.91 Å². The standard InChI is InChI=1S/C19H22N2O2/c1-23-18-9-7-17(8-10-18)19(22)21-13-11-20(12-14-21)15-16-5-3-2-4-6-16/h2-10H,11-15H2,1H3/p+1. The second-order valence-electron chi connectivity index (χ2n) is 5.93. The molecule has 1 aliphatic heterocycles. The van der Waals surface area contributed by atoms with Crippen LogP contribution in [0, 0.1) is 0 Å². The van der Waals surface area contributed by atoms with Crippen LogP contribution in [0.1, 0.15) is 15.9 Å². The van der Waals surface area contributed by atoms with Crippen LogP contribution >= 0.6 is 0 Å². The van der Waals surface area contributed by atoms with E-state index in [4.69, 9.17) is 4.74 Å². The first kappa shape index (κ1) is 15.6. The average Bonchev–Trinajstić information content (AvgIpc) is 2.63. The molecule has 23 heavy (non-hydrogen) atoms. The predicted octanol–water partition coefficient (Wildman–Crippen LogP) is 1.24. The van der Waals surface area contributed by atoms with Crippen LogP contribution in [0.5, 0.6) is 5.75 Å². The molecule has 1 fully saturated rings. The van der Waals surface area contributed by atoms with Crippen LogP contribution in [-0.2, 0) is 6.54 Å². The molecule has 0 radical (unpaired) electrons. The Kier molecular flexibility index (Phi) is 4.93. The van der Waals surface area contributed by atoms with Crippen LogP contribution in [0.3, 0.4) is 0 Å². The van der Waals surface area contributed by atoms with E-state index in [9.17, 15) is 4.79 Å². The highest BCUT2D eigenvalue weighted by Gasteiger charge is 2.24. The van der Waals surface area contributed by atoms with Gasteiger partial charge in [0.15, 0.2) is 0 Å². The van der Waals surface area contributed by atoms with E-state index >= 15 is 0 Å².